The largest absolute Gasteiger partial charge is 0.497 e. The van der Waals surface area contributed by atoms with Crippen LogP contribution in [0.25, 0.3) is 11.0 Å². The van der Waals surface area contributed by atoms with E-state index in [9.17, 15) is 4.79 Å². The summed E-state index contributed by atoms with van der Waals surface area (Å²) in [5.41, 5.74) is 1.96. The molecule has 6 heteroatoms. The summed E-state index contributed by atoms with van der Waals surface area (Å²) in [6.45, 7) is 0. The summed E-state index contributed by atoms with van der Waals surface area (Å²) in [4.78, 5) is 12.7. The number of nitrogens with one attached hydrogen (secondary N) is 1. The van der Waals surface area contributed by atoms with Gasteiger partial charge in [0.25, 0.3) is 0 Å². The van der Waals surface area contributed by atoms with Crippen LogP contribution in [0.15, 0.2) is 77.4 Å². The minimum Gasteiger partial charge on any atom is -0.497 e. The number of para-hydroxylation sites is 1. The van der Waals surface area contributed by atoms with E-state index in [0.29, 0.717) is 33.5 Å². The average molecular weight is 408 g/mol. The van der Waals surface area contributed by atoms with Gasteiger partial charge in [0.15, 0.2) is 5.75 Å². The number of halogens is 1. The van der Waals surface area contributed by atoms with Crippen LogP contribution in [0.3, 0.4) is 0 Å². The maximum absolute atomic E-state index is 12.7. The van der Waals surface area contributed by atoms with E-state index >= 15 is 0 Å². The highest BCUT2D eigenvalue weighted by molar-refractivity contribution is 6.31. The minimum absolute atomic E-state index is 0.149. The van der Waals surface area contributed by atoms with Crippen LogP contribution in [0.1, 0.15) is 5.56 Å². The molecule has 0 bridgehead atoms. The van der Waals surface area contributed by atoms with E-state index in [2.05, 4.69) is 5.32 Å². The predicted molar refractivity (Wildman–Crippen MR) is 113 cm³/mol. The molecule has 4 rings (SSSR count). The van der Waals surface area contributed by atoms with Crippen molar-refractivity contribution in [1.82, 2.24) is 0 Å². The van der Waals surface area contributed by atoms with Crippen LogP contribution < -0.4 is 14.8 Å². The highest BCUT2D eigenvalue weighted by atomic mass is 35.5. The molecule has 0 aliphatic carbocycles. The van der Waals surface area contributed by atoms with Crippen LogP contribution in [0.5, 0.6) is 17.2 Å². The number of rotatable bonds is 6. The molecule has 0 saturated heterocycles. The SMILES string of the molecule is COc1ccc2c(CC(=O)Nc3cc(Cl)ccc3Oc3ccccc3)coc2c1. The minimum atomic E-state index is -0.205. The Morgan fingerprint density at radius 3 is 2.66 bits per heavy atom. The molecule has 0 aliphatic rings. The number of amides is 1. The van der Waals surface area contributed by atoms with Gasteiger partial charge in [0.2, 0.25) is 5.91 Å². The van der Waals surface area contributed by atoms with Crippen LogP contribution in [0.2, 0.25) is 5.02 Å². The van der Waals surface area contributed by atoms with Gasteiger partial charge in [-0.2, -0.15) is 0 Å². The third kappa shape index (κ3) is 4.36. The van der Waals surface area contributed by atoms with Crippen molar-refractivity contribution in [3.8, 4) is 17.2 Å². The lowest BCUT2D eigenvalue weighted by molar-refractivity contribution is -0.115. The van der Waals surface area contributed by atoms with Crippen LogP contribution >= 0.6 is 11.6 Å². The Bertz CT molecular complexity index is 1150. The van der Waals surface area contributed by atoms with Crippen LogP contribution in [0, 0.1) is 0 Å². The topological polar surface area (TPSA) is 60.7 Å². The van der Waals surface area contributed by atoms with E-state index in [1.54, 1.807) is 37.6 Å². The Morgan fingerprint density at radius 2 is 1.86 bits per heavy atom. The molecule has 3 aromatic carbocycles. The molecule has 29 heavy (non-hydrogen) atoms. The molecule has 146 valence electrons. The highest BCUT2D eigenvalue weighted by Gasteiger charge is 2.14. The number of methoxy groups -OCH3 is 1. The fourth-order valence-electron chi connectivity index (χ4n) is 3.00. The second kappa shape index (κ2) is 8.29. The smallest absolute Gasteiger partial charge is 0.229 e. The van der Waals surface area contributed by atoms with E-state index in [1.165, 1.54) is 0 Å². The lowest BCUT2D eigenvalue weighted by Crippen LogP contribution is -2.14. The maximum atomic E-state index is 12.7. The summed E-state index contributed by atoms with van der Waals surface area (Å²) in [6.07, 6.45) is 1.74. The van der Waals surface area contributed by atoms with Crippen LogP contribution in [0.4, 0.5) is 5.69 Å². The molecule has 5 nitrogen and oxygen atoms in total. The Balaban J connectivity index is 1.53. The molecule has 0 saturated carbocycles. The summed E-state index contributed by atoms with van der Waals surface area (Å²) >= 11 is 6.12. The molecule has 0 fully saturated rings. The third-order valence-electron chi connectivity index (χ3n) is 4.40. The number of fused-ring (bicyclic) bond motifs is 1. The average Bonchev–Trinajstić information content (AvgIpc) is 3.12. The molecule has 0 atom stereocenters. The van der Waals surface area contributed by atoms with Gasteiger partial charge >= 0.3 is 0 Å². The molecular weight excluding hydrogens is 390 g/mol. The first-order chi connectivity index (χ1) is 14.1. The summed E-state index contributed by atoms with van der Waals surface area (Å²) in [6, 6.07) is 19.9. The molecule has 0 aliphatic heterocycles. The van der Waals surface area contributed by atoms with Gasteiger partial charge in [-0.15, -0.1) is 0 Å². The third-order valence-corrected chi connectivity index (χ3v) is 4.64. The second-order valence-electron chi connectivity index (χ2n) is 6.40. The van der Waals surface area contributed by atoms with Crippen molar-refractivity contribution in [3.63, 3.8) is 0 Å². The van der Waals surface area contributed by atoms with Crippen molar-refractivity contribution in [1.29, 1.82) is 0 Å². The molecule has 0 radical (unpaired) electrons. The fraction of sp³-hybridized carbons (Fsp3) is 0.0870. The first-order valence-corrected chi connectivity index (χ1v) is 9.36. The number of hydrogen-bond donors (Lipinski definition) is 1. The lowest BCUT2D eigenvalue weighted by atomic mass is 10.1. The van der Waals surface area contributed by atoms with Crippen LogP contribution in [-0.4, -0.2) is 13.0 Å². The summed E-state index contributed by atoms with van der Waals surface area (Å²) in [5, 5.41) is 4.25. The maximum Gasteiger partial charge on any atom is 0.229 e. The number of carbonyl (C=O) groups excluding carboxylic acids is 1. The van der Waals surface area contributed by atoms with E-state index in [-0.39, 0.29) is 12.3 Å². The van der Waals surface area contributed by atoms with Gasteiger partial charge in [0, 0.05) is 22.0 Å². The molecule has 4 aromatic rings. The van der Waals surface area contributed by atoms with E-state index in [0.717, 1.165) is 10.9 Å². The lowest BCUT2D eigenvalue weighted by Gasteiger charge is -2.12. The zero-order valence-electron chi connectivity index (χ0n) is 15.6. The van der Waals surface area contributed by atoms with Crippen molar-refractivity contribution >= 4 is 34.2 Å². The number of benzene rings is 3. The Labute approximate surface area is 172 Å². The molecule has 1 aromatic heterocycles. The summed E-state index contributed by atoms with van der Waals surface area (Å²) in [5.74, 6) is 1.67. The second-order valence-corrected chi connectivity index (χ2v) is 6.84. The summed E-state index contributed by atoms with van der Waals surface area (Å²) in [7, 11) is 1.60. The fourth-order valence-corrected chi connectivity index (χ4v) is 3.17. The molecule has 0 spiro atoms. The highest BCUT2D eigenvalue weighted by Crippen LogP contribution is 2.32. The van der Waals surface area contributed by atoms with E-state index in [4.69, 9.17) is 25.5 Å². The van der Waals surface area contributed by atoms with E-state index < -0.39 is 0 Å². The number of ether oxygens (including phenoxy) is 2. The van der Waals surface area contributed by atoms with Gasteiger partial charge in [-0.1, -0.05) is 29.8 Å². The van der Waals surface area contributed by atoms with Gasteiger partial charge in [0.1, 0.15) is 17.1 Å². The zero-order valence-corrected chi connectivity index (χ0v) is 16.4. The van der Waals surface area contributed by atoms with Gasteiger partial charge in [-0.05, 0) is 42.5 Å². The predicted octanol–water partition coefficient (Wildman–Crippen LogP) is 6.07. The van der Waals surface area contributed by atoms with Gasteiger partial charge < -0.3 is 19.2 Å². The van der Waals surface area contributed by atoms with Crippen molar-refractivity contribution in [2.24, 2.45) is 0 Å². The van der Waals surface area contributed by atoms with Crippen molar-refractivity contribution in [2.45, 2.75) is 6.42 Å². The molecule has 1 heterocycles. The zero-order chi connectivity index (χ0) is 20.2. The summed E-state index contributed by atoms with van der Waals surface area (Å²) < 4.78 is 16.6. The molecule has 0 unspecified atom stereocenters. The quantitative estimate of drug-likeness (QED) is 0.421. The number of carbonyl (C=O) groups is 1. The first kappa shape index (κ1) is 18.9. The Kier molecular flexibility index (Phi) is 5.40. The van der Waals surface area contributed by atoms with E-state index in [1.807, 2.05) is 42.5 Å². The molecule has 1 N–H and O–H groups in total. The molecule has 1 amide bonds. The van der Waals surface area contributed by atoms with Crippen molar-refractivity contribution < 1.29 is 18.7 Å². The number of hydrogen-bond acceptors (Lipinski definition) is 4. The standard InChI is InChI=1S/C23H18ClNO4/c1-27-18-8-9-19-15(14-28-22(19)13-18)11-23(26)25-20-12-16(24)7-10-21(20)29-17-5-3-2-4-6-17/h2-10,12-14H,11H2,1H3,(H,25,26). The number of anilines is 1. The normalized spacial score (nSPS) is 10.7. The first-order valence-electron chi connectivity index (χ1n) is 8.99. The number of furan rings is 1. The Morgan fingerprint density at radius 1 is 1.03 bits per heavy atom. The van der Waals surface area contributed by atoms with Crippen molar-refractivity contribution in [2.75, 3.05) is 12.4 Å². The van der Waals surface area contributed by atoms with Gasteiger partial charge in [-0.3, -0.25) is 4.79 Å². The van der Waals surface area contributed by atoms with Gasteiger partial charge in [0.05, 0.1) is 25.5 Å². The molecular formula is C23H18ClNO4. The Hall–Kier alpha value is -3.44. The van der Waals surface area contributed by atoms with Crippen molar-refractivity contribution in [3.05, 3.63) is 83.6 Å². The van der Waals surface area contributed by atoms with Gasteiger partial charge in [-0.25, -0.2) is 0 Å². The van der Waals surface area contributed by atoms with Crippen LogP contribution in [-0.2, 0) is 11.2 Å². The monoisotopic (exact) mass is 407 g/mol.